The quantitative estimate of drug-likeness (QED) is 0.725. The Bertz CT molecular complexity index is 439. The molecule has 0 saturated carbocycles. The lowest BCUT2D eigenvalue weighted by atomic mass is 10.0. The first-order chi connectivity index (χ1) is 6.81. The van der Waals surface area contributed by atoms with Crippen LogP contribution in [0.1, 0.15) is 31.9 Å². The van der Waals surface area contributed by atoms with Crippen molar-refractivity contribution < 1.29 is 0 Å². The van der Waals surface area contributed by atoms with Crippen molar-refractivity contribution in [1.29, 1.82) is 0 Å². The number of pyridine rings is 1. The fraction of sp³-hybridized carbons (Fsp3) is 0.364. The van der Waals surface area contributed by atoms with Gasteiger partial charge in [0.05, 0.1) is 0 Å². The zero-order chi connectivity index (χ0) is 9.97. The molecule has 0 aliphatic rings. The third kappa shape index (κ3) is 1.58. The van der Waals surface area contributed by atoms with Gasteiger partial charge < -0.3 is 0 Å². The number of hydrogen-bond donors (Lipinski definition) is 0. The van der Waals surface area contributed by atoms with Crippen LogP contribution >= 0.6 is 0 Å². The molecule has 0 aliphatic carbocycles. The first kappa shape index (κ1) is 9.06. The average Bonchev–Trinajstić information content (AvgIpc) is 2.27. The molecule has 0 aliphatic heterocycles. The maximum absolute atomic E-state index is 4.47. The average molecular weight is 187 g/mol. The number of nitrogens with zero attached hydrogens (tertiary/aromatic N) is 3. The zero-order valence-corrected chi connectivity index (χ0v) is 8.44. The Balaban J connectivity index is 2.51. The number of rotatable bonds is 2. The maximum atomic E-state index is 4.47. The predicted molar refractivity (Wildman–Crippen MR) is 56.0 cm³/mol. The summed E-state index contributed by atoms with van der Waals surface area (Å²) < 4.78 is 0. The lowest BCUT2D eigenvalue weighted by Crippen LogP contribution is -1.97. The van der Waals surface area contributed by atoms with E-state index >= 15 is 0 Å². The van der Waals surface area contributed by atoms with E-state index in [1.165, 1.54) is 0 Å². The van der Waals surface area contributed by atoms with Gasteiger partial charge in [-0.1, -0.05) is 13.8 Å². The van der Waals surface area contributed by atoms with E-state index < -0.39 is 0 Å². The van der Waals surface area contributed by atoms with E-state index in [1.54, 1.807) is 12.4 Å². The van der Waals surface area contributed by atoms with Crippen molar-refractivity contribution in [2.45, 2.75) is 26.2 Å². The van der Waals surface area contributed by atoms with Gasteiger partial charge in [0.2, 0.25) is 0 Å². The normalized spacial score (nSPS) is 13.0. The molecule has 0 aromatic carbocycles. The van der Waals surface area contributed by atoms with Gasteiger partial charge in [0.15, 0.2) is 5.65 Å². The van der Waals surface area contributed by atoms with Gasteiger partial charge in [-0.2, -0.15) is 0 Å². The molecule has 72 valence electrons. The SMILES string of the molecule is CCC(C)c1ccc2nccnc2n1. The van der Waals surface area contributed by atoms with Gasteiger partial charge in [0.1, 0.15) is 5.52 Å². The highest BCUT2D eigenvalue weighted by Gasteiger charge is 2.05. The van der Waals surface area contributed by atoms with Crippen LogP contribution in [0, 0.1) is 0 Å². The van der Waals surface area contributed by atoms with E-state index in [4.69, 9.17) is 0 Å². The van der Waals surface area contributed by atoms with Crippen LogP contribution in [-0.2, 0) is 0 Å². The van der Waals surface area contributed by atoms with Gasteiger partial charge in [0.25, 0.3) is 0 Å². The topological polar surface area (TPSA) is 38.7 Å². The summed E-state index contributed by atoms with van der Waals surface area (Å²) in [4.78, 5) is 12.8. The van der Waals surface area contributed by atoms with Crippen molar-refractivity contribution in [2.24, 2.45) is 0 Å². The van der Waals surface area contributed by atoms with Gasteiger partial charge >= 0.3 is 0 Å². The summed E-state index contributed by atoms with van der Waals surface area (Å²) >= 11 is 0. The Morgan fingerprint density at radius 1 is 1.21 bits per heavy atom. The highest BCUT2D eigenvalue weighted by molar-refractivity contribution is 5.68. The summed E-state index contributed by atoms with van der Waals surface area (Å²) in [6, 6.07) is 4.02. The van der Waals surface area contributed by atoms with Crippen molar-refractivity contribution in [2.75, 3.05) is 0 Å². The molecule has 3 heteroatoms. The minimum atomic E-state index is 0.487. The predicted octanol–water partition coefficient (Wildman–Crippen LogP) is 2.54. The minimum Gasteiger partial charge on any atom is -0.251 e. The standard InChI is InChI=1S/C11H13N3/c1-3-8(2)9-4-5-10-11(14-9)13-7-6-12-10/h4-8H,3H2,1-2H3. The molecule has 14 heavy (non-hydrogen) atoms. The first-order valence-corrected chi connectivity index (χ1v) is 4.89. The van der Waals surface area contributed by atoms with E-state index in [-0.39, 0.29) is 0 Å². The molecule has 0 N–H and O–H groups in total. The second-order valence-electron chi connectivity index (χ2n) is 3.44. The molecule has 0 bridgehead atoms. The molecule has 3 nitrogen and oxygen atoms in total. The van der Waals surface area contributed by atoms with Crippen LogP contribution in [0.2, 0.25) is 0 Å². The lowest BCUT2D eigenvalue weighted by Gasteiger charge is -2.07. The first-order valence-electron chi connectivity index (χ1n) is 4.89. The van der Waals surface area contributed by atoms with Crippen LogP contribution < -0.4 is 0 Å². The smallest absolute Gasteiger partial charge is 0.178 e. The van der Waals surface area contributed by atoms with E-state index in [0.717, 1.165) is 23.3 Å². The zero-order valence-electron chi connectivity index (χ0n) is 8.44. The largest absolute Gasteiger partial charge is 0.251 e. The molecule has 2 heterocycles. The second kappa shape index (κ2) is 3.70. The fourth-order valence-corrected chi connectivity index (χ4v) is 1.35. The lowest BCUT2D eigenvalue weighted by molar-refractivity contribution is 0.710. The van der Waals surface area contributed by atoms with Gasteiger partial charge in [-0.15, -0.1) is 0 Å². The Morgan fingerprint density at radius 2 is 2.00 bits per heavy atom. The van der Waals surface area contributed by atoms with Crippen molar-refractivity contribution in [3.63, 3.8) is 0 Å². The number of fused-ring (bicyclic) bond motifs is 1. The van der Waals surface area contributed by atoms with Crippen LogP contribution in [0.25, 0.3) is 11.2 Å². The van der Waals surface area contributed by atoms with Crippen LogP contribution in [0.4, 0.5) is 0 Å². The van der Waals surface area contributed by atoms with Crippen LogP contribution in [-0.4, -0.2) is 15.0 Å². The summed E-state index contributed by atoms with van der Waals surface area (Å²) in [5.41, 5.74) is 2.70. The van der Waals surface area contributed by atoms with E-state index in [1.807, 2.05) is 12.1 Å². The molecule has 1 unspecified atom stereocenters. The monoisotopic (exact) mass is 187 g/mol. The molecule has 2 aromatic rings. The van der Waals surface area contributed by atoms with Crippen LogP contribution in [0.3, 0.4) is 0 Å². The summed E-state index contributed by atoms with van der Waals surface area (Å²) in [6.07, 6.45) is 4.46. The highest BCUT2D eigenvalue weighted by atomic mass is 14.9. The molecule has 0 spiro atoms. The van der Waals surface area contributed by atoms with E-state index in [2.05, 4.69) is 28.8 Å². The minimum absolute atomic E-state index is 0.487. The summed E-state index contributed by atoms with van der Waals surface area (Å²) in [6.45, 7) is 4.33. The summed E-state index contributed by atoms with van der Waals surface area (Å²) in [7, 11) is 0. The molecule has 1 atom stereocenters. The highest BCUT2D eigenvalue weighted by Crippen LogP contribution is 2.17. The number of aromatic nitrogens is 3. The summed E-state index contributed by atoms with van der Waals surface area (Å²) in [5, 5.41) is 0. The third-order valence-corrected chi connectivity index (χ3v) is 2.47. The van der Waals surface area contributed by atoms with Gasteiger partial charge in [-0.3, -0.25) is 4.98 Å². The molecule has 0 radical (unpaired) electrons. The summed E-state index contributed by atoms with van der Waals surface area (Å²) in [5.74, 6) is 0.487. The van der Waals surface area contributed by atoms with Crippen LogP contribution in [0.5, 0.6) is 0 Å². The Labute approximate surface area is 83.2 Å². The molecule has 0 saturated heterocycles. The molecular weight excluding hydrogens is 174 g/mol. The van der Waals surface area contributed by atoms with Gasteiger partial charge in [-0.05, 0) is 24.5 Å². The van der Waals surface area contributed by atoms with Crippen molar-refractivity contribution in [3.05, 3.63) is 30.2 Å². The Kier molecular flexibility index (Phi) is 2.39. The van der Waals surface area contributed by atoms with Crippen molar-refractivity contribution >= 4 is 11.2 Å². The van der Waals surface area contributed by atoms with Gasteiger partial charge in [0, 0.05) is 18.1 Å². The molecule has 2 aromatic heterocycles. The Morgan fingerprint density at radius 3 is 2.79 bits per heavy atom. The molecule has 0 fully saturated rings. The van der Waals surface area contributed by atoms with E-state index in [9.17, 15) is 0 Å². The van der Waals surface area contributed by atoms with Crippen LogP contribution in [0.15, 0.2) is 24.5 Å². The molecular formula is C11H13N3. The molecule has 0 amide bonds. The van der Waals surface area contributed by atoms with Crippen molar-refractivity contribution in [1.82, 2.24) is 15.0 Å². The fourth-order valence-electron chi connectivity index (χ4n) is 1.35. The van der Waals surface area contributed by atoms with Crippen molar-refractivity contribution in [3.8, 4) is 0 Å². The molecule has 2 rings (SSSR count). The Hall–Kier alpha value is -1.51. The van der Waals surface area contributed by atoms with Gasteiger partial charge in [-0.25, -0.2) is 9.97 Å². The van der Waals surface area contributed by atoms with E-state index in [0.29, 0.717) is 5.92 Å². The number of hydrogen-bond acceptors (Lipinski definition) is 3. The second-order valence-corrected chi connectivity index (χ2v) is 3.44. The third-order valence-electron chi connectivity index (χ3n) is 2.47. The maximum Gasteiger partial charge on any atom is 0.178 e.